The van der Waals surface area contributed by atoms with Gasteiger partial charge in [0.1, 0.15) is 0 Å². The summed E-state index contributed by atoms with van der Waals surface area (Å²) in [5.74, 6) is 0.754. The zero-order valence-electron chi connectivity index (χ0n) is 8.21. The third kappa shape index (κ3) is 2.61. The Labute approximate surface area is 75.4 Å². The van der Waals surface area contributed by atoms with Crippen molar-refractivity contribution in [3.05, 3.63) is 12.7 Å². The zero-order chi connectivity index (χ0) is 9.19. The highest BCUT2D eigenvalue weighted by Gasteiger charge is 2.38. The van der Waals surface area contributed by atoms with Crippen LogP contribution in [0.1, 0.15) is 19.8 Å². The van der Waals surface area contributed by atoms with E-state index in [1.54, 1.807) is 0 Å². The van der Waals surface area contributed by atoms with E-state index in [-0.39, 0.29) is 5.54 Å². The van der Waals surface area contributed by atoms with Crippen LogP contribution >= 0.6 is 0 Å². The maximum absolute atomic E-state index is 6.18. The molecule has 0 aliphatic heterocycles. The van der Waals surface area contributed by atoms with Gasteiger partial charge in [0.05, 0.1) is 0 Å². The van der Waals surface area contributed by atoms with Gasteiger partial charge in [0.15, 0.2) is 0 Å². The van der Waals surface area contributed by atoms with E-state index in [9.17, 15) is 0 Å². The second kappa shape index (κ2) is 3.58. The summed E-state index contributed by atoms with van der Waals surface area (Å²) in [6.07, 6.45) is 4.55. The maximum Gasteiger partial charge on any atom is 0.0283 e. The molecule has 1 aliphatic carbocycles. The highest BCUT2D eigenvalue weighted by molar-refractivity contribution is 4.97. The first-order chi connectivity index (χ1) is 5.56. The molecule has 12 heavy (non-hydrogen) atoms. The van der Waals surface area contributed by atoms with Gasteiger partial charge in [-0.2, -0.15) is 0 Å². The van der Waals surface area contributed by atoms with E-state index in [1.165, 1.54) is 12.8 Å². The van der Waals surface area contributed by atoms with Gasteiger partial charge in [-0.1, -0.05) is 6.08 Å². The van der Waals surface area contributed by atoms with Crippen molar-refractivity contribution < 1.29 is 0 Å². The van der Waals surface area contributed by atoms with Gasteiger partial charge in [0.2, 0.25) is 0 Å². The Morgan fingerprint density at radius 2 is 2.25 bits per heavy atom. The van der Waals surface area contributed by atoms with Crippen LogP contribution in [-0.2, 0) is 0 Å². The summed E-state index contributed by atoms with van der Waals surface area (Å²) in [4.78, 5) is 2.23. The number of nitrogens with two attached hydrogens (primary N) is 1. The van der Waals surface area contributed by atoms with Crippen LogP contribution in [0.15, 0.2) is 12.7 Å². The normalized spacial score (nSPS) is 22.3. The van der Waals surface area contributed by atoms with Crippen LogP contribution in [0.2, 0.25) is 0 Å². The summed E-state index contributed by atoms with van der Waals surface area (Å²) in [6.45, 7) is 7.77. The Morgan fingerprint density at radius 1 is 1.67 bits per heavy atom. The lowest BCUT2D eigenvalue weighted by atomic mass is 9.97. The average Bonchev–Trinajstić information content (AvgIpc) is 2.65. The molecule has 2 N–H and O–H groups in total. The molecule has 1 atom stereocenters. The second-order valence-electron chi connectivity index (χ2n) is 4.27. The van der Waals surface area contributed by atoms with Crippen LogP contribution in [0.25, 0.3) is 0 Å². The van der Waals surface area contributed by atoms with Crippen molar-refractivity contribution in [1.29, 1.82) is 0 Å². The summed E-state index contributed by atoms with van der Waals surface area (Å²) in [7, 11) is 2.09. The van der Waals surface area contributed by atoms with Crippen LogP contribution in [0.5, 0.6) is 0 Å². The van der Waals surface area contributed by atoms with Crippen molar-refractivity contribution in [2.24, 2.45) is 11.7 Å². The third-order valence-electron chi connectivity index (χ3n) is 2.56. The number of nitrogens with zero attached hydrogens (tertiary/aromatic N) is 1. The molecule has 0 heterocycles. The molecular formula is C10H20N2. The minimum atomic E-state index is 0.0117. The van der Waals surface area contributed by atoms with E-state index in [0.29, 0.717) is 0 Å². The Bertz CT molecular complexity index is 159. The van der Waals surface area contributed by atoms with Crippen molar-refractivity contribution >= 4 is 0 Å². The van der Waals surface area contributed by atoms with E-state index in [4.69, 9.17) is 5.73 Å². The molecule has 1 aliphatic rings. The summed E-state index contributed by atoms with van der Waals surface area (Å²) in [5.41, 5.74) is 6.19. The zero-order valence-corrected chi connectivity index (χ0v) is 8.21. The SMILES string of the molecule is C=CCN(C)CC(C)(N)C1CC1. The molecule has 1 saturated carbocycles. The predicted molar refractivity (Wildman–Crippen MR) is 53.0 cm³/mol. The third-order valence-corrected chi connectivity index (χ3v) is 2.56. The number of hydrogen-bond acceptors (Lipinski definition) is 2. The number of hydrogen-bond donors (Lipinski definition) is 1. The van der Waals surface area contributed by atoms with Crippen LogP contribution < -0.4 is 5.73 Å². The standard InChI is InChI=1S/C10H20N2/c1-4-7-12(3)8-10(2,11)9-5-6-9/h4,9H,1,5-8,11H2,2-3H3. The predicted octanol–water partition coefficient (Wildman–Crippen LogP) is 1.23. The van der Waals surface area contributed by atoms with Gasteiger partial charge in [-0.3, -0.25) is 0 Å². The molecule has 1 fully saturated rings. The van der Waals surface area contributed by atoms with Gasteiger partial charge < -0.3 is 10.6 Å². The van der Waals surface area contributed by atoms with Gasteiger partial charge >= 0.3 is 0 Å². The largest absolute Gasteiger partial charge is 0.324 e. The van der Waals surface area contributed by atoms with Crippen LogP contribution in [0.4, 0.5) is 0 Å². The minimum absolute atomic E-state index is 0.0117. The van der Waals surface area contributed by atoms with E-state index in [2.05, 4.69) is 25.5 Å². The van der Waals surface area contributed by atoms with Gasteiger partial charge in [-0.25, -0.2) is 0 Å². The summed E-state index contributed by atoms with van der Waals surface area (Å²) < 4.78 is 0. The Balaban J connectivity index is 2.31. The highest BCUT2D eigenvalue weighted by atomic mass is 15.1. The van der Waals surface area contributed by atoms with Gasteiger partial charge in [-0.15, -0.1) is 6.58 Å². The molecule has 0 spiro atoms. The van der Waals surface area contributed by atoms with Crippen molar-refractivity contribution in [3.63, 3.8) is 0 Å². The number of rotatable bonds is 5. The van der Waals surface area contributed by atoms with Gasteiger partial charge in [0, 0.05) is 18.6 Å². The lowest BCUT2D eigenvalue weighted by molar-refractivity contribution is 0.256. The van der Waals surface area contributed by atoms with Gasteiger partial charge in [0.25, 0.3) is 0 Å². The van der Waals surface area contributed by atoms with E-state index >= 15 is 0 Å². The molecule has 0 amide bonds. The Kier molecular flexibility index (Phi) is 2.91. The second-order valence-corrected chi connectivity index (χ2v) is 4.27. The van der Waals surface area contributed by atoms with Crippen molar-refractivity contribution in [2.45, 2.75) is 25.3 Å². The van der Waals surface area contributed by atoms with E-state index in [0.717, 1.165) is 19.0 Å². The first kappa shape index (κ1) is 9.75. The van der Waals surface area contributed by atoms with E-state index < -0.39 is 0 Å². The molecule has 1 rings (SSSR count). The topological polar surface area (TPSA) is 29.3 Å². The molecule has 2 heteroatoms. The Morgan fingerprint density at radius 3 is 2.67 bits per heavy atom. The summed E-state index contributed by atoms with van der Waals surface area (Å²) >= 11 is 0. The molecule has 70 valence electrons. The number of likely N-dealkylation sites (N-methyl/N-ethyl adjacent to an activating group) is 1. The fraction of sp³-hybridized carbons (Fsp3) is 0.800. The lowest BCUT2D eigenvalue weighted by Gasteiger charge is -2.29. The van der Waals surface area contributed by atoms with Gasteiger partial charge in [-0.05, 0) is 32.7 Å². The summed E-state index contributed by atoms with van der Waals surface area (Å²) in [6, 6.07) is 0. The molecule has 0 aromatic heterocycles. The fourth-order valence-corrected chi connectivity index (χ4v) is 1.74. The molecule has 1 unspecified atom stereocenters. The Hall–Kier alpha value is -0.340. The smallest absolute Gasteiger partial charge is 0.0283 e. The molecule has 0 aromatic rings. The quantitative estimate of drug-likeness (QED) is 0.626. The minimum Gasteiger partial charge on any atom is -0.324 e. The summed E-state index contributed by atoms with van der Waals surface area (Å²) in [5, 5.41) is 0. The first-order valence-corrected chi connectivity index (χ1v) is 4.64. The van der Waals surface area contributed by atoms with Crippen molar-refractivity contribution in [3.8, 4) is 0 Å². The first-order valence-electron chi connectivity index (χ1n) is 4.64. The van der Waals surface area contributed by atoms with Crippen LogP contribution in [0.3, 0.4) is 0 Å². The molecule has 0 saturated heterocycles. The molecule has 2 nitrogen and oxygen atoms in total. The molecule has 0 bridgehead atoms. The monoisotopic (exact) mass is 168 g/mol. The van der Waals surface area contributed by atoms with E-state index in [1.807, 2.05) is 6.08 Å². The van der Waals surface area contributed by atoms with Crippen LogP contribution in [0, 0.1) is 5.92 Å². The van der Waals surface area contributed by atoms with Crippen molar-refractivity contribution in [1.82, 2.24) is 4.90 Å². The maximum atomic E-state index is 6.18. The molecule has 0 aromatic carbocycles. The van der Waals surface area contributed by atoms with Crippen molar-refractivity contribution in [2.75, 3.05) is 20.1 Å². The highest BCUT2D eigenvalue weighted by Crippen LogP contribution is 2.38. The lowest BCUT2D eigenvalue weighted by Crippen LogP contribution is -2.48. The van der Waals surface area contributed by atoms with Crippen LogP contribution in [-0.4, -0.2) is 30.6 Å². The molecule has 0 radical (unpaired) electrons. The fourth-order valence-electron chi connectivity index (χ4n) is 1.74. The molecular weight excluding hydrogens is 148 g/mol. The average molecular weight is 168 g/mol.